The van der Waals surface area contributed by atoms with E-state index in [1.807, 2.05) is 6.92 Å². The van der Waals surface area contributed by atoms with Gasteiger partial charge in [-0.1, -0.05) is 54.6 Å². The number of hydrogen-bond acceptors (Lipinski definition) is 2. The van der Waals surface area contributed by atoms with Gasteiger partial charge in [0.25, 0.3) is 0 Å². The van der Waals surface area contributed by atoms with Crippen LogP contribution in [0.3, 0.4) is 0 Å². The summed E-state index contributed by atoms with van der Waals surface area (Å²) >= 11 is 22.8. The van der Waals surface area contributed by atoms with Crippen molar-refractivity contribution in [3.05, 3.63) is 30.1 Å². The van der Waals surface area contributed by atoms with Crippen molar-refractivity contribution in [1.82, 2.24) is 10.6 Å². The maximum atomic E-state index is 12.9. The van der Waals surface area contributed by atoms with Crippen molar-refractivity contribution in [2.24, 2.45) is 0 Å². The van der Waals surface area contributed by atoms with E-state index >= 15 is 0 Å². The number of nitrogens with one attached hydrogen (secondary N) is 3. The van der Waals surface area contributed by atoms with Crippen LogP contribution in [0.4, 0.5) is 10.1 Å². The molecule has 4 nitrogen and oxygen atoms in total. The summed E-state index contributed by atoms with van der Waals surface area (Å²) in [5.41, 5.74) is 0.561. The Morgan fingerprint density at radius 1 is 1.21 bits per heavy atom. The van der Waals surface area contributed by atoms with Crippen LogP contribution in [-0.4, -0.2) is 21.0 Å². The van der Waals surface area contributed by atoms with Gasteiger partial charge in [-0.2, -0.15) is 0 Å². The predicted molar refractivity (Wildman–Crippen MR) is 102 cm³/mol. The van der Waals surface area contributed by atoms with Crippen LogP contribution in [0.1, 0.15) is 32.6 Å². The lowest BCUT2D eigenvalue weighted by Crippen LogP contribution is -2.56. The Hall–Kier alpha value is -0.820. The van der Waals surface area contributed by atoms with Gasteiger partial charge in [0.2, 0.25) is 9.70 Å². The zero-order valence-electron chi connectivity index (χ0n) is 13.0. The van der Waals surface area contributed by atoms with Gasteiger partial charge in [0.1, 0.15) is 12.0 Å². The van der Waals surface area contributed by atoms with Crippen molar-refractivity contribution in [2.45, 2.75) is 42.6 Å². The number of carbonyl (C=O) groups excluding carboxylic acids is 1. The molecule has 0 radical (unpaired) electrons. The largest absolute Gasteiger partial charge is 0.339 e. The van der Waals surface area contributed by atoms with Gasteiger partial charge in [-0.05, 0) is 42.9 Å². The Kier molecular flexibility index (Phi) is 9.05. The third-order valence-corrected chi connectivity index (χ3v) is 3.89. The van der Waals surface area contributed by atoms with Crippen LogP contribution in [0.2, 0.25) is 0 Å². The Morgan fingerprint density at radius 3 is 2.38 bits per heavy atom. The maximum Gasteiger partial charge on any atom is 0.228 e. The number of rotatable bonds is 7. The fourth-order valence-electron chi connectivity index (χ4n) is 1.80. The summed E-state index contributed by atoms with van der Waals surface area (Å²) in [5, 5.41) is 8.30. The highest BCUT2D eigenvalue weighted by molar-refractivity contribution is 7.80. The number of unbranched alkanes of at least 4 members (excludes halogenated alkanes) is 2. The third kappa shape index (κ3) is 8.33. The molecule has 0 aliphatic heterocycles. The first-order valence-corrected chi connectivity index (χ1v) is 8.95. The molecule has 0 saturated carbocycles. The lowest BCUT2D eigenvalue weighted by Gasteiger charge is -2.27. The second kappa shape index (κ2) is 10.2. The van der Waals surface area contributed by atoms with E-state index in [-0.39, 0.29) is 16.8 Å². The molecule has 1 aromatic carbocycles. The summed E-state index contributed by atoms with van der Waals surface area (Å²) in [6.07, 6.45) is 2.05. The third-order valence-electron chi connectivity index (χ3n) is 3.02. The van der Waals surface area contributed by atoms with Gasteiger partial charge in [0.05, 0.1) is 0 Å². The summed E-state index contributed by atoms with van der Waals surface area (Å²) < 4.78 is 11.1. The van der Waals surface area contributed by atoms with Crippen molar-refractivity contribution >= 4 is 63.7 Å². The van der Waals surface area contributed by atoms with Gasteiger partial charge in [-0.15, -0.1) is 0 Å². The fraction of sp³-hybridized carbons (Fsp3) is 0.467. The van der Waals surface area contributed by atoms with Crippen LogP contribution in [0.25, 0.3) is 0 Å². The number of anilines is 1. The van der Waals surface area contributed by atoms with E-state index in [1.54, 1.807) is 0 Å². The van der Waals surface area contributed by atoms with Gasteiger partial charge in [0, 0.05) is 12.1 Å². The summed E-state index contributed by atoms with van der Waals surface area (Å²) in [7, 11) is 0. The number of thiocarbonyl (C=S) groups is 1. The predicted octanol–water partition coefficient (Wildman–Crippen LogP) is 4.50. The topological polar surface area (TPSA) is 53.2 Å². The van der Waals surface area contributed by atoms with Gasteiger partial charge in [-0.3, -0.25) is 4.79 Å². The number of carbonyl (C=O) groups is 1. The minimum Gasteiger partial charge on any atom is -0.339 e. The molecule has 0 aliphatic carbocycles. The van der Waals surface area contributed by atoms with E-state index in [0.717, 1.165) is 19.3 Å². The molecule has 0 unspecified atom stereocenters. The van der Waals surface area contributed by atoms with Crippen molar-refractivity contribution in [3.8, 4) is 0 Å². The molecule has 0 aliphatic rings. The highest BCUT2D eigenvalue weighted by atomic mass is 35.6. The summed E-state index contributed by atoms with van der Waals surface area (Å²) in [4.78, 5) is 11.9. The maximum absolute atomic E-state index is 12.9. The summed E-state index contributed by atoms with van der Waals surface area (Å²) in [6, 6.07) is 5.59. The zero-order chi connectivity index (χ0) is 18.2. The average Bonchev–Trinajstić information content (AvgIpc) is 2.48. The molecule has 1 atom stereocenters. The first kappa shape index (κ1) is 21.2. The van der Waals surface area contributed by atoms with Crippen LogP contribution in [0, 0.1) is 5.82 Å². The molecule has 0 spiro atoms. The van der Waals surface area contributed by atoms with Gasteiger partial charge in [0.15, 0.2) is 5.11 Å². The van der Waals surface area contributed by atoms with Crippen molar-refractivity contribution < 1.29 is 9.18 Å². The normalized spacial score (nSPS) is 12.4. The van der Waals surface area contributed by atoms with Crippen molar-refractivity contribution in [3.63, 3.8) is 0 Å². The van der Waals surface area contributed by atoms with Crippen LogP contribution in [-0.2, 0) is 4.79 Å². The Balaban J connectivity index is 2.60. The molecule has 1 rings (SSSR count). The standard InChI is InChI=1S/C15H19Cl3FN3OS/c1-2-3-4-5-12(23)21-13(15(16,17)18)22-14(24)20-11-8-6-10(19)7-9-11/h6-9,13H,2-5H2,1H3,(H,21,23)(H2,20,22,24)/t13-/m1/s1. The Bertz CT molecular complexity index is 552. The van der Waals surface area contributed by atoms with E-state index in [2.05, 4.69) is 16.0 Å². The zero-order valence-corrected chi connectivity index (χ0v) is 16.1. The highest BCUT2D eigenvalue weighted by Gasteiger charge is 2.34. The van der Waals surface area contributed by atoms with Crippen molar-refractivity contribution in [1.29, 1.82) is 0 Å². The van der Waals surface area contributed by atoms with Gasteiger partial charge >= 0.3 is 0 Å². The van der Waals surface area contributed by atoms with Gasteiger partial charge < -0.3 is 16.0 Å². The van der Waals surface area contributed by atoms with Crippen molar-refractivity contribution in [2.75, 3.05) is 5.32 Å². The van der Waals surface area contributed by atoms with E-state index in [4.69, 9.17) is 47.0 Å². The lowest BCUT2D eigenvalue weighted by molar-refractivity contribution is -0.122. The van der Waals surface area contributed by atoms with Crippen LogP contribution in [0.15, 0.2) is 24.3 Å². The molecule has 0 saturated heterocycles. The molecule has 0 bridgehead atoms. The number of halogens is 4. The molecule has 3 N–H and O–H groups in total. The smallest absolute Gasteiger partial charge is 0.228 e. The van der Waals surface area contributed by atoms with Crippen LogP contribution < -0.4 is 16.0 Å². The summed E-state index contributed by atoms with van der Waals surface area (Å²) in [5.74, 6) is -0.602. The lowest BCUT2D eigenvalue weighted by atomic mass is 10.2. The first-order valence-electron chi connectivity index (χ1n) is 7.41. The number of amides is 1. The van der Waals surface area contributed by atoms with E-state index in [0.29, 0.717) is 12.1 Å². The Labute approximate surface area is 161 Å². The molecule has 0 aromatic heterocycles. The SMILES string of the molecule is CCCCCC(=O)N[C@H](NC(=S)Nc1ccc(F)cc1)C(Cl)(Cl)Cl. The molecule has 1 amide bonds. The molecular formula is C15H19Cl3FN3OS. The number of alkyl halides is 3. The second-order valence-corrected chi connectivity index (χ2v) is 7.88. The fourth-order valence-corrected chi connectivity index (χ4v) is 2.36. The minimum atomic E-state index is -1.80. The molecular weight excluding hydrogens is 396 g/mol. The highest BCUT2D eigenvalue weighted by Crippen LogP contribution is 2.29. The number of benzene rings is 1. The average molecular weight is 415 g/mol. The monoisotopic (exact) mass is 413 g/mol. The molecule has 134 valence electrons. The molecule has 0 heterocycles. The molecule has 0 fully saturated rings. The minimum absolute atomic E-state index is 0.131. The van der Waals surface area contributed by atoms with Crippen LogP contribution in [0.5, 0.6) is 0 Å². The molecule has 9 heteroatoms. The van der Waals surface area contributed by atoms with Crippen LogP contribution >= 0.6 is 47.0 Å². The number of hydrogen-bond donors (Lipinski definition) is 3. The van der Waals surface area contributed by atoms with E-state index in [9.17, 15) is 9.18 Å². The Morgan fingerprint density at radius 2 is 1.83 bits per heavy atom. The quantitative estimate of drug-likeness (QED) is 0.266. The molecule has 24 heavy (non-hydrogen) atoms. The second-order valence-electron chi connectivity index (χ2n) is 5.10. The van der Waals surface area contributed by atoms with E-state index in [1.165, 1.54) is 24.3 Å². The molecule has 1 aromatic rings. The first-order chi connectivity index (χ1) is 11.2. The summed E-state index contributed by atoms with van der Waals surface area (Å²) in [6.45, 7) is 2.04. The van der Waals surface area contributed by atoms with E-state index < -0.39 is 9.96 Å². The van der Waals surface area contributed by atoms with Gasteiger partial charge in [-0.25, -0.2) is 4.39 Å².